The highest BCUT2D eigenvalue weighted by Crippen LogP contribution is 2.13. The Bertz CT molecular complexity index is 511. The van der Waals surface area contributed by atoms with Gasteiger partial charge in [-0.1, -0.05) is 12.1 Å². The number of nitrogens with two attached hydrogens (primary N) is 1. The molecule has 0 radical (unpaired) electrons. The summed E-state index contributed by atoms with van der Waals surface area (Å²) >= 11 is 1.35. The van der Waals surface area contributed by atoms with Crippen LogP contribution in [0.2, 0.25) is 0 Å². The third-order valence-electron chi connectivity index (χ3n) is 2.39. The first-order valence-electron chi connectivity index (χ1n) is 5.39. The van der Waals surface area contributed by atoms with E-state index >= 15 is 0 Å². The van der Waals surface area contributed by atoms with Crippen LogP contribution in [0.15, 0.2) is 35.8 Å². The van der Waals surface area contributed by atoms with Crippen molar-refractivity contribution in [2.75, 3.05) is 5.32 Å². The molecule has 1 heterocycles. The molecular formula is C12H13N3O2S. The summed E-state index contributed by atoms with van der Waals surface area (Å²) in [6, 6.07) is 5.98. The van der Waals surface area contributed by atoms with Gasteiger partial charge >= 0.3 is 0 Å². The number of aromatic hydroxyl groups is 1. The molecule has 4 N–H and O–H groups in total. The van der Waals surface area contributed by atoms with Gasteiger partial charge in [-0.05, 0) is 24.1 Å². The minimum Gasteiger partial charge on any atom is -0.508 e. The van der Waals surface area contributed by atoms with Crippen LogP contribution in [0.3, 0.4) is 0 Å². The molecule has 1 atom stereocenters. The maximum absolute atomic E-state index is 11.8. The van der Waals surface area contributed by atoms with Crippen LogP contribution in [0.25, 0.3) is 0 Å². The molecule has 6 heteroatoms. The van der Waals surface area contributed by atoms with Gasteiger partial charge in [-0.15, -0.1) is 11.3 Å². The van der Waals surface area contributed by atoms with Gasteiger partial charge in [0, 0.05) is 11.6 Å². The average Bonchev–Trinajstić information content (AvgIpc) is 2.85. The van der Waals surface area contributed by atoms with Crippen molar-refractivity contribution in [2.45, 2.75) is 12.5 Å². The van der Waals surface area contributed by atoms with Gasteiger partial charge in [-0.25, -0.2) is 4.98 Å². The Morgan fingerprint density at radius 1 is 1.44 bits per heavy atom. The number of phenolic OH excluding ortho intramolecular Hbond substituents is 1. The van der Waals surface area contributed by atoms with Crippen LogP contribution < -0.4 is 11.1 Å². The summed E-state index contributed by atoms with van der Waals surface area (Å²) in [6.07, 6.45) is 2.03. The Morgan fingerprint density at radius 2 is 2.17 bits per heavy atom. The molecule has 2 rings (SSSR count). The lowest BCUT2D eigenvalue weighted by Crippen LogP contribution is -2.37. The molecule has 0 saturated heterocycles. The predicted octanol–water partition coefficient (Wildman–Crippen LogP) is 1.36. The number of carbonyl (C=O) groups is 1. The molecule has 0 fully saturated rings. The minimum atomic E-state index is -0.640. The normalized spacial score (nSPS) is 12.1. The van der Waals surface area contributed by atoms with Crippen molar-refractivity contribution in [1.82, 2.24) is 4.98 Å². The Labute approximate surface area is 108 Å². The SMILES string of the molecule is NC(Cc1ccc(O)cc1)C(=O)Nc1nccs1. The molecule has 18 heavy (non-hydrogen) atoms. The average molecular weight is 263 g/mol. The van der Waals surface area contributed by atoms with Gasteiger partial charge in [-0.3, -0.25) is 4.79 Å². The van der Waals surface area contributed by atoms with E-state index < -0.39 is 6.04 Å². The molecule has 1 aromatic carbocycles. The lowest BCUT2D eigenvalue weighted by Gasteiger charge is -2.10. The summed E-state index contributed by atoms with van der Waals surface area (Å²) in [5.74, 6) is -0.0717. The number of aromatic nitrogens is 1. The largest absolute Gasteiger partial charge is 0.508 e. The molecule has 1 unspecified atom stereocenters. The Balaban J connectivity index is 1.93. The number of amides is 1. The fourth-order valence-electron chi connectivity index (χ4n) is 1.46. The molecule has 0 aliphatic rings. The number of rotatable bonds is 4. The van der Waals surface area contributed by atoms with Gasteiger partial charge in [-0.2, -0.15) is 0 Å². The minimum absolute atomic E-state index is 0.194. The van der Waals surface area contributed by atoms with Crippen molar-refractivity contribution in [3.8, 4) is 5.75 Å². The quantitative estimate of drug-likeness (QED) is 0.777. The monoisotopic (exact) mass is 263 g/mol. The number of benzene rings is 1. The molecule has 0 saturated carbocycles. The summed E-state index contributed by atoms with van der Waals surface area (Å²) in [6.45, 7) is 0. The summed E-state index contributed by atoms with van der Waals surface area (Å²) < 4.78 is 0. The second kappa shape index (κ2) is 5.61. The highest BCUT2D eigenvalue weighted by molar-refractivity contribution is 7.13. The van der Waals surface area contributed by atoms with E-state index in [1.54, 1.807) is 35.8 Å². The second-order valence-corrected chi connectivity index (χ2v) is 4.70. The third kappa shape index (κ3) is 3.28. The van der Waals surface area contributed by atoms with Gasteiger partial charge < -0.3 is 16.2 Å². The van der Waals surface area contributed by atoms with Gasteiger partial charge in [0.15, 0.2) is 5.13 Å². The van der Waals surface area contributed by atoms with Crippen LogP contribution in [0.1, 0.15) is 5.56 Å². The third-order valence-corrected chi connectivity index (χ3v) is 3.08. The second-order valence-electron chi connectivity index (χ2n) is 3.80. The summed E-state index contributed by atoms with van der Waals surface area (Å²) in [5.41, 5.74) is 6.70. The lowest BCUT2D eigenvalue weighted by atomic mass is 10.1. The van der Waals surface area contributed by atoms with Crippen LogP contribution in [-0.4, -0.2) is 22.0 Å². The van der Waals surface area contributed by atoms with Crippen LogP contribution in [-0.2, 0) is 11.2 Å². The van der Waals surface area contributed by atoms with E-state index in [-0.39, 0.29) is 11.7 Å². The van der Waals surface area contributed by atoms with Gasteiger partial charge in [0.1, 0.15) is 5.75 Å². The molecule has 0 bridgehead atoms. The fourth-order valence-corrected chi connectivity index (χ4v) is 1.99. The first-order chi connectivity index (χ1) is 8.65. The number of phenols is 1. The van der Waals surface area contributed by atoms with E-state index in [2.05, 4.69) is 10.3 Å². The Hall–Kier alpha value is -1.92. The van der Waals surface area contributed by atoms with Crippen LogP contribution in [0.5, 0.6) is 5.75 Å². The van der Waals surface area contributed by atoms with Crippen molar-refractivity contribution >= 4 is 22.4 Å². The Kier molecular flexibility index (Phi) is 3.91. The van der Waals surface area contributed by atoms with E-state index in [1.165, 1.54) is 11.3 Å². The topological polar surface area (TPSA) is 88.2 Å². The van der Waals surface area contributed by atoms with Crippen LogP contribution in [0, 0.1) is 0 Å². The molecule has 2 aromatic rings. The number of anilines is 1. The molecule has 0 aliphatic heterocycles. The lowest BCUT2D eigenvalue weighted by molar-refractivity contribution is -0.117. The van der Waals surface area contributed by atoms with Gasteiger partial charge in [0.2, 0.25) is 5.91 Å². The maximum Gasteiger partial charge on any atom is 0.243 e. The number of nitrogens with zero attached hydrogens (tertiary/aromatic N) is 1. The molecule has 5 nitrogen and oxygen atoms in total. The smallest absolute Gasteiger partial charge is 0.243 e. The molecule has 1 amide bonds. The van der Waals surface area contributed by atoms with Crippen molar-refractivity contribution in [1.29, 1.82) is 0 Å². The molecule has 94 valence electrons. The zero-order valence-electron chi connectivity index (χ0n) is 9.54. The van der Waals surface area contributed by atoms with Crippen molar-refractivity contribution in [2.24, 2.45) is 5.73 Å². The van der Waals surface area contributed by atoms with E-state index in [4.69, 9.17) is 10.8 Å². The molecular weight excluding hydrogens is 250 g/mol. The standard InChI is InChI=1S/C12H13N3O2S/c13-10(7-8-1-3-9(16)4-2-8)11(17)15-12-14-5-6-18-12/h1-6,10,16H,7,13H2,(H,14,15,17). The van der Waals surface area contributed by atoms with Crippen LogP contribution >= 0.6 is 11.3 Å². The van der Waals surface area contributed by atoms with Gasteiger partial charge in [0.25, 0.3) is 0 Å². The highest BCUT2D eigenvalue weighted by Gasteiger charge is 2.15. The van der Waals surface area contributed by atoms with Crippen molar-refractivity contribution < 1.29 is 9.90 Å². The zero-order chi connectivity index (χ0) is 13.0. The van der Waals surface area contributed by atoms with Crippen molar-refractivity contribution in [3.63, 3.8) is 0 Å². The van der Waals surface area contributed by atoms with E-state index in [1.807, 2.05) is 0 Å². The van der Waals surface area contributed by atoms with E-state index in [0.29, 0.717) is 11.6 Å². The molecule has 0 aliphatic carbocycles. The Morgan fingerprint density at radius 3 is 2.78 bits per heavy atom. The number of carbonyl (C=O) groups excluding carboxylic acids is 1. The fraction of sp³-hybridized carbons (Fsp3) is 0.167. The number of nitrogens with one attached hydrogen (secondary N) is 1. The molecule has 0 spiro atoms. The predicted molar refractivity (Wildman–Crippen MR) is 70.5 cm³/mol. The van der Waals surface area contributed by atoms with Gasteiger partial charge in [0.05, 0.1) is 6.04 Å². The maximum atomic E-state index is 11.8. The highest BCUT2D eigenvalue weighted by atomic mass is 32.1. The summed E-state index contributed by atoms with van der Waals surface area (Å²) in [5, 5.41) is 14.1. The number of hydrogen-bond acceptors (Lipinski definition) is 5. The van der Waals surface area contributed by atoms with E-state index in [9.17, 15) is 4.79 Å². The van der Waals surface area contributed by atoms with Crippen LogP contribution in [0.4, 0.5) is 5.13 Å². The van der Waals surface area contributed by atoms with Crippen molar-refractivity contribution in [3.05, 3.63) is 41.4 Å². The number of thiazole rings is 1. The van der Waals surface area contributed by atoms with E-state index in [0.717, 1.165) is 5.56 Å². The molecule has 1 aromatic heterocycles. The first kappa shape index (κ1) is 12.5. The summed E-state index contributed by atoms with van der Waals surface area (Å²) in [7, 11) is 0. The number of hydrogen-bond donors (Lipinski definition) is 3. The summed E-state index contributed by atoms with van der Waals surface area (Å²) in [4.78, 5) is 15.7. The zero-order valence-corrected chi connectivity index (χ0v) is 10.4. The first-order valence-corrected chi connectivity index (χ1v) is 6.27.